The Balaban J connectivity index is 1.45. The van der Waals surface area contributed by atoms with E-state index in [4.69, 9.17) is 9.47 Å². The van der Waals surface area contributed by atoms with Crippen LogP contribution in [0.3, 0.4) is 0 Å². The molecule has 1 heterocycles. The number of hydrogen-bond acceptors (Lipinski definition) is 3. The molecule has 1 amide bonds. The highest BCUT2D eigenvalue weighted by Crippen LogP contribution is 2.43. The van der Waals surface area contributed by atoms with Crippen LogP contribution >= 0.6 is 0 Å². The van der Waals surface area contributed by atoms with Gasteiger partial charge in [-0.2, -0.15) is 0 Å². The van der Waals surface area contributed by atoms with Gasteiger partial charge in [0.25, 0.3) is 5.91 Å². The molecule has 2 aromatic carbocycles. The first kappa shape index (κ1) is 17.3. The maximum Gasteiger partial charge on any atom is 0.256 e. The molecule has 0 bridgehead atoms. The molecule has 2 aliphatic rings. The van der Waals surface area contributed by atoms with Gasteiger partial charge in [0.05, 0.1) is 18.8 Å². The van der Waals surface area contributed by atoms with Crippen LogP contribution in [-0.2, 0) is 16.1 Å². The Hall–Kier alpha value is -2.17. The summed E-state index contributed by atoms with van der Waals surface area (Å²) in [6.45, 7) is 3.28. The molecule has 4 nitrogen and oxygen atoms in total. The molecule has 1 spiro atoms. The van der Waals surface area contributed by atoms with Gasteiger partial charge in [0.2, 0.25) is 0 Å². The molecular formula is C22H25NO3. The van der Waals surface area contributed by atoms with Crippen molar-refractivity contribution in [1.29, 1.82) is 0 Å². The average Bonchev–Trinajstić information content (AvgIpc) is 3.24. The standard InChI is InChI=1S/C22H25NO3/c1-17-15-23(21(24)19-10-6-3-7-11-19)22(26-17)13-12-20(14-22)25-16-18-8-4-2-5-9-18/h2-11,17,20H,12-16H2,1H3/t17-,20-,22+/m1/s1. The van der Waals surface area contributed by atoms with Crippen molar-refractivity contribution in [1.82, 2.24) is 4.90 Å². The zero-order valence-electron chi connectivity index (χ0n) is 15.1. The van der Waals surface area contributed by atoms with E-state index in [0.29, 0.717) is 13.2 Å². The fourth-order valence-electron chi connectivity index (χ4n) is 4.13. The van der Waals surface area contributed by atoms with E-state index in [-0.39, 0.29) is 18.1 Å². The second kappa shape index (κ2) is 7.22. The van der Waals surface area contributed by atoms with Crippen molar-refractivity contribution in [2.24, 2.45) is 0 Å². The third kappa shape index (κ3) is 3.39. The lowest BCUT2D eigenvalue weighted by atomic mass is 10.1. The predicted molar refractivity (Wildman–Crippen MR) is 99.6 cm³/mol. The maximum absolute atomic E-state index is 13.0. The van der Waals surface area contributed by atoms with Crippen LogP contribution in [0.25, 0.3) is 0 Å². The largest absolute Gasteiger partial charge is 0.373 e. The Morgan fingerprint density at radius 3 is 2.58 bits per heavy atom. The Labute approximate surface area is 154 Å². The Morgan fingerprint density at radius 1 is 1.15 bits per heavy atom. The van der Waals surface area contributed by atoms with Crippen molar-refractivity contribution in [2.45, 2.75) is 50.7 Å². The van der Waals surface area contributed by atoms with Gasteiger partial charge < -0.3 is 14.4 Å². The SMILES string of the molecule is C[C@@H]1CN(C(=O)c2ccccc2)[C@@]2(CC[C@@H](OCc3ccccc3)C2)O1. The molecule has 2 fully saturated rings. The van der Waals surface area contributed by atoms with Gasteiger partial charge >= 0.3 is 0 Å². The molecule has 0 radical (unpaired) electrons. The summed E-state index contributed by atoms with van der Waals surface area (Å²) in [5.41, 5.74) is 1.37. The van der Waals surface area contributed by atoms with Gasteiger partial charge in [0.1, 0.15) is 5.72 Å². The molecule has 4 rings (SSSR count). The minimum atomic E-state index is -0.520. The smallest absolute Gasteiger partial charge is 0.256 e. The minimum absolute atomic E-state index is 0.0514. The lowest BCUT2D eigenvalue weighted by Crippen LogP contribution is -2.46. The van der Waals surface area contributed by atoms with E-state index < -0.39 is 5.72 Å². The molecule has 1 aliphatic heterocycles. The molecule has 1 saturated heterocycles. The topological polar surface area (TPSA) is 38.8 Å². The molecule has 1 saturated carbocycles. The van der Waals surface area contributed by atoms with Crippen LogP contribution in [0.5, 0.6) is 0 Å². The molecule has 0 aromatic heterocycles. The van der Waals surface area contributed by atoms with Crippen molar-refractivity contribution in [3.8, 4) is 0 Å². The van der Waals surface area contributed by atoms with Gasteiger partial charge in [0.15, 0.2) is 0 Å². The number of amides is 1. The number of rotatable bonds is 4. The van der Waals surface area contributed by atoms with Crippen LogP contribution in [0.1, 0.15) is 42.1 Å². The van der Waals surface area contributed by atoms with Crippen LogP contribution in [0, 0.1) is 0 Å². The minimum Gasteiger partial charge on any atom is -0.373 e. The van der Waals surface area contributed by atoms with E-state index in [2.05, 4.69) is 12.1 Å². The summed E-state index contributed by atoms with van der Waals surface area (Å²) in [5, 5.41) is 0. The molecule has 0 N–H and O–H groups in total. The van der Waals surface area contributed by atoms with Crippen molar-refractivity contribution in [2.75, 3.05) is 6.54 Å². The Kier molecular flexibility index (Phi) is 4.79. The van der Waals surface area contributed by atoms with Crippen molar-refractivity contribution in [3.63, 3.8) is 0 Å². The molecule has 136 valence electrons. The lowest BCUT2D eigenvalue weighted by Gasteiger charge is -2.33. The molecule has 0 unspecified atom stereocenters. The predicted octanol–water partition coefficient (Wildman–Crippen LogP) is 4.01. The molecule has 4 heteroatoms. The Morgan fingerprint density at radius 2 is 1.85 bits per heavy atom. The number of benzene rings is 2. The van der Waals surface area contributed by atoms with E-state index in [0.717, 1.165) is 24.8 Å². The summed E-state index contributed by atoms with van der Waals surface area (Å²) < 4.78 is 12.4. The highest BCUT2D eigenvalue weighted by molar-refractivity contribution is 5.94. The quantitative estimate of drug-likeness (QED) is 0.835. The first-order valence-electron chi connectivity index (χ1n) is 9.37. The third-order valence-electron chi connectivity index (χ3n) is 5.35. The van der Waals surface area contributed by atoms with Gasteiger partial charge in [-0.05, 0) is 37.5 Å². The summed E-state index contributed by atoms with van der Waals surface area (Å²) >= 11 is 0. The van der Waals surface area contributed by atoms with E-state index in [1.54, 1.807) is 0 Å². The fourth-order valence-corrected chi connectivity index (χ4v) is 4.13. The third-order valence-corrected chi connectivity index (χ3v) is 5.35. The summed E-state index contributed by atoms with van der Waals surface area (Å²) in [7, 11) is 0. The fraction of sp³-hybridized carbons (Fsp3) is 0.409. The van der Waals surface area contributed by atoms with Crippen molar-refractivity contribution < 1.29 is 14.3 Å². The number of carbonyl (C=O) groups excluding carboxylic acids is 1. The van der Waals surface area contributed by atoms with E-state index in [1.807, 2.05) is 60.4 Å². The number of nitrogens with zero attached hydrogens (tertiary/aromatic N) is 1. The summed E-state index contributed by atoms with van der Waals surface area (Å²) in [6.07, 6.45) is 2.65. The monoisotopic (exact) mass is 351 g/mol. The number of carbonyl (C=O) groups is 1. The van der Waals surface area contributed by atoms with Crippen LogP contribution < -0.4 is 0 Å². The van der Waals surface area contributed by atoms with Gasteiger partial charge in [0, 0.05) is 18.5 Å². The number of hydrogen-bond donors (Lipinski definition) is 0. The van der Waals surface area contributed by atoms with Gasteiger partial charge in [-0.3, -0.25) is 4.79 Å². The van der Waals surface area contributed by atoms with Crippen LogP contribution in [-0.4, -0.2) is 35.3 Å². The van der Waals surface area contributed by atoms with Gasteiger partial charge in [-0.15, -0.1) is 0 Å². The molecule has 1 aliphatic carbocycles. The van der Waals surface area contributed by atoms with Crippen molar-refractivity contribution in [3.05, 3.63) is 71.8 Å². The van der Waals surface area contributed by atoms with E-state index >= 15 is 0 Å². The second-order valence-corrected chi connectivity index (χ2v) is 7.32. The summed E-state index contributed by atoms with van der Waals surface area (Å²) in [5.74, 6) is 0.0543. The maximum atomic E-state index is 13.0. The second-order valence-electron chi connectivity index (χ2n) is 7.32. The lowest BCUT2D eigenvalue weighted by molar-refractivity contribution is -0.0933. The molecule has 2 aromatic rings. The molecular weight excluding hydrogens is 326 g/mol. The average molecular weight is 351 g/mol. The molecule has 26 heavy (non-hydrogen) atoms. The van der Waals surface area contributed by atoms with Crippen molar-refractivity contribution >= 4 is 5.91 Å². The normalized spacial score (nSPS) is 28.0. The first-order chi connectivity index (χ1) is 12.7. The van der Waals surface area contributed by atoms with Crippen LogP contribution in [0.15, 0.2) is 60.7 Å². The van der Waals surface area contributed by atoms with Gasteiger partial charge in [-0.25, -0.2) is 0 Å². The highest BCUT2D eigenvalue weighted by Gasteiger charge is 2.52. The summed E-state index contributed by atoms with van der Waals surface area (Å²) in [6, 6.07) is 19.7. The summed E-state index contributed by atoms with van der Waals surface area (Å²) in [4.78, 5) is 15.0. The zero-order valence-corrected chi connectivity index (χ0v) is 15.1. The zero-order chi connectivity index (χ0) is 18.0. The van der Waals surface area contributed by atoms with Crippen LogP contribution in [0.2, 0.25) is 0 Å². The number of ether oxygens (including phenoxy) is 2. The Bertz CT molecular complexity index is 748. The van der Waals surface area contributed by atoms with E-state index in [9.17, 15) is 4.79 Å². The highest BCUT2D eigenvalue weighted by atomic mass is 16.5. The molecule has 3 atom stereocenters. The van der Waals surface area contributed by atoms with Crippen LogP contribution in [0.4, 0.5) is 0 Å². The first-order valence-corrected chi connectivity index (χ1v) is 9.37. The van der Waals surface area contributed by atoms with Gasteiger partial charge in [-0.1, -0.05) is 48.5 Å². The van der Waals surface area contributed by atoms with E-state index in [1.165, 1.54) is 5.56 Å².